The summed E-state index contributed by atoms with van der Waals surface area (Å²) < 4.78 is 0. The van der Waals surface area contributed by atoms with Crippen molar-refractivity contribution in [3.63, 3.8) is 0 Å². The third-order valence-electron chi connectivity index (χ3n) is 5.12. The van der Waals surface area contributed by atoms with Crippen molar-refractivity contribution in [2.75, 3.05) is 13.2 Å². The number of carboxylic acids is 2. The van der Waals surface area contributed by atoms with Crippen LogP contribution in [0.2, 0.25) is 0 Å². The standard InChI is InChI=1S/C22H33N5O9/c23-8-2-1-3-15(20(33)27-17(22(35)36)10-18(30)31)25-21(34)16(26-19(32)14(24)11-28)9-12-4-6-13(29)7-5-12/h4-7,14-17,28-29H,1-3,8-11,23-24H2,(H,25,34)(H,26,32)(H,27,33)(H,30,31)(H,35,36). The molecule has 4 atom stereocenters. The first kappa shape index (κ1) is 30.3. The van der Waals surface area contributed by atoms with Gasteiger partial charge in [-0.25, -0.2) is 4.79 Å². The van der Waals surface area contributed by atoms with E-state index < -0.39 is 66.9 Å². The van der Waals surface area contributed by atoms with E-state index in [1.807, 2.05) is 0 Å². The maximum atomic E-state index is 13.1. The Labute approximate surface area is 207 Å². The molecule has 0 saturated heterocycles. The van der Waals surface area contributed by atoms with E-state index in [9.17, 15) is 34.2 Å². The number of carboxylic acid groups (broad SMARTS) is 2. The van der Waals surface area contributed by atoms with E-state index in [0.717, 1.165) is 0 Å². The lowest BCUT2D eigenvalue weighted by molar-refractivity contribution is -0.147. The number of carbonyl (C=O) groups excluding carboxylic acids is 3. The highest BCUT2D eigenvalue weighted by atomic mass is 16.4. The summed E-state index contributed by atoms with van der Waals surface area (Å²) in [6, 6.07) is 0.247. The van der Waals surface area contributed by atoms with Gasteiger partial charge in [-0.05, 0) is 43.5 Å². The predicted molar refractivity (Wildman–Crippen MR) is 125 cm³/mol. The van der Waals surface area contributed by atoms with Gasteiger partial charge in [0, 0.05) is 6.42 Å². The average molecular weight is 512 g/mol. The van der Waals surface area contributed by atoms with Gasteiger partial charge in [-0.1, -0.05) is 12.1 Å². The zero-order chi connectivity index (χ0) is 27.3. The number of aliphatic hydroxyl groups excluding tert-OH is 1. The molecule has 0 bridgehead atoms. The number of phenols is 1. The molecule has 0 saturated carbocycles. The monoisotopic (exact) mass is 511 g/mol. The maximum Gasteiger partial charge on any atom is 0.326 e. The Hall–Kier alpha value is -3.75. The fourth-order valence-electron chi connectivity index (χ4n) is 3.12. The Morgan fingerprint density at radius 2 is 1.39 bits per heavy atom. The summed E-state index contributed by atoms with van der Waals surface area (Å²) in [5.41, 5.74) is 11.5. The number of amides is 3. The van der Waals surface area contributed by atoms with Crippen LogP contribution in [-0.2, 0) is 30.4 Å². The van der Waals surface area contributed by atoms with Gasteiger partial charge >= 0.3 is 11.9 Å². The van der Waals surface area contributed by atoms with E-state index in [1.54, 1.807) is 0 Å². The molecule has 200 valence electrons. The van der Waals surface area contributed by atoms with Crippen molar-refractivity contribution in [2.45, 2.75) is 56.3 Å². The lowest BCUT2D eigenvalue weighted by Gasteiger charge is -2.25. The minimum absolute atomic E-state index is 0.0166. The van der Waals surface area contributed by atoms with Crippen LogP contribution in [0.5, 0.6) is 5.75 Å². The molecule has 0 aliphatic rings. The highest BCUT2D eigenvalue weighted by Crippen LogP contribution is 2.12. The SMILES string of the molecule is NCCCCC(NC(=O)C(Cc1ccc(O)cc1)NC(=O)C(N)CO)C(=O)NC(CC(=O)O)C(=O)O. The van der Waals surface area contributed by atoms with Crippen molar-refractivity contribution in [1.29, 1.82) is 0 Å². The first-order valence-corrected chi connectivity index (χ1v) is 11.2. The maximum absolute atomic E-state index is 13.1. The largest absolute Gasteiger partial charge is 0.508 e. The van der Waals surface area contributed by atoms with Gasteiger partial charge in [0.25, 0.3) is 0 Å². The third-order valence-corrected chi connectivity index (χ3v) is 5.12. The minimum atomic E-state index is -1.72. The molecule has 3 amide bonds. The van der Waals surface area contributed by atoms with Crippen LogP contribution in [0.3, 0.4) is 0 Å². The number of carbonyl (C=O) groups is 5. The first-order valence-electron chi connectivity index (χ1n) is 11.2. The lowest BCUT2D eigenvalue weighted by atomic mass is 10.0. The number of hydrogen-bond acceptors (Lipinski definition) is 9. The Morgan fingerprint density at radius 3 is 1.92 bits per heavy atom. The molecule has 14 heteroatoms. The number of benzene rings is 1. The Balaban J connectivity index is 3.11. The molecule has 0 aromatic heterocycles. The summed E-state index contributed by atoms with van der Waals surface area (Å²) in [6.07, 6.45) is 0.00329. The van der Waals surface area contributed by atoms with E-state index in [4.69, 9.17) is 21.7 Å². The molecule has 1 aromatic rings. The van der Waals surface area contributed by atoms with Crippen molar-refractivity contribution >= 4 is 29.7 Å². The lowest BCUT2D eigenvalue weighted by Crippen LogP contribution is -2.58. The molecule has 11 N–H and O–H groups in total. The molecule has 36 heavy (non-hydrogen) atoms. The van der Waals surface area contributed by atoms with Crippen molar-refractivity contribution in [3.8, 4) is 5.75 Å². The molecule has 0 fully saturated rings. The van der Waals surface area contributed by atoms with Crippen LogP contribution in [0.4, 0.5) is 0 Å². The quantitative estimate of drug-likeness (QED) is 0.104. The van der Waals surface area contributed by atoms with Gasteiger partial charge in [0.15, 0.2) is 0 Å². The Kier molecular flexibility index (Phi) is 12.9. The van der Waals surface area contributed by atoms with Crippen LogP contribution in [0.15, 0.2) is 24.3 Å². The average Bonchev–Trinajstić information content (AvgIpc) is 2.82. The second-order valence-electron chi connectivity index (χ2n) is 8.06. The summed E-state index contributed by atoms with van der Waals surface area (Å²) in [4.78, 5) is 60.4. The van der Waals surface area contributed by atoms with Crippen LogP contribution in [0.25, 0.3) is 0 Å². The smallest absolute Gasteiger partial charge is 0.326 e. The zero-order valence-corrected chi connectivity index (χ0v) is 19.6. The fraction of sp³-hybridized carbons (Fsp3) is 0.500. The van der Waals surface area contributed by atoms with E-state index >= 15 is 0 Å². The van der Waals surface area contributed by atoms with Gasteiger partial charge in [-0.15, -0.1) is 0 Å². The van der Waals surface area contributed by atoms with Crippen LogP contribution in [0.1, 0.15) is 31.2 Å². The number of aliphatic hydroxyl groups is 1. The number of phenolic OH excluding ortho intramolecular Hbond substituents is 1. The molecule has 0 radical (unpaired) electrons. The molecular formula is C22H33N5O9. The summed E-state index contributed by atoms with van der Waals surface area (Å²) in [5, 5.41) is 43.7. The summed E-state index contributed by atoms with van der Waals surface area (Å²) in [6.45, 7) is -0.374. The van der Waals surface area contributed by atoms with Gasteiger partial charge < -0.3 is 47.8 Å². The Morgan fingerprint density at radius 1 is 0.833 bits per heavy atom. The molecule has 1 rings (SSSR count). The van der Waals surface area contributed by atoms with E-state index in [-0.39, 0.29) is 18.6 Å². The van der Waals surface area contributed by atoms with E-state index in [0.29, 0.717) is 24.9 Å². The molecule has 1 aromatic carbocycles. The molecule has 0 aliphatic carbocycles. The topological polar surface area (TPSA) is 254 Å². The Bertz CT molecular complexity index is 910. The molecule has 4 unspecified atom stereocenters. The second kappa shape index (κ2) is 15.3. The summed E-state index contributed by atoms with van der Waals surface area (Å²) >= 11 is 0. The number of rotatable bonds is 16. The zero-order valence-electron chi connectivity index (χ0n) is 19.6. The van der Waals surface area contributed by atoms with Gasteiger partial charge in [0.05, 0.1) is 13.0 Å². The predicted octanol–water partition coefficient (Wildman–Crippen LogP) is -2.60. The first-order chi connectivity index (χ1) is 17.0. The van der Waals surface area contributed by atoms with Crippen molar-refractivity contribution < 1.29 is 44.4 Å². The van der Waals surface area contributed by atoms with Crippen LogP contribution in [-0.4, -0.2) is 87.4 Å². The van der Waals surface area contributed by atoms with Gasteiger partial charge in [-0.3, -0.25) is 19.2 Å². The highest BCUT2D eigenvalue weighted by Gasteiger charge is 2.31. The number of unbranched alkanes of at least 4 members (excludes halogenated alkanes) is 1. The molecule has 14 nitrogen and oxygen atoms in total. The van der Waals surface area contributed by atoms with Gasteiger partial charge in [0.2, 0.25) is 17.7 Å². The van der Waals surface area contributed by atoms with Crippen LogP contribution < -0.4 is 27.4 Å². The minimum Gasteiger partial charge on any atom is -0.508 e. The third kappa shape index (κ3) is 10.7. The second-order valence-corrected chi connectivity index (χ2v) is 8.06. The van der Waals surface area contributed by atoms with Crippen LogP contribution >= 0.6 is 0 Å². The normalized spacial score (nSPS) is 14.1. The van der Waals surface area contributed by atoms with Crippen LogP contribution in [0, 0.1) is 0 Å². The molecule has 0 aliphatic heterocycles. The number of nitrogens with two attached hydrogens (primary N) is 2. The van der Waals surface area contributed by atoms with Gasteiger partial charge in [-0.2, -0.15) is 0 Å². The number of aromatic hydroxyl groups is 1. The van der Waals surface area contributed by atoms with Crippen molar-refractivity contribution in [1.82, 2.24) is 16.0 Å². The fourth-order valence-corrected chi connectivity index (χ4v) is 3.12. The number of hydrogen-bond donors (Lipinski definition) is 9. The highest BCUT2D eigenvalue weighted by molar-refractivity contribution is 5.94. The van der Waals surface area contributed by atoms with Crippen molar-refractivity contribution in [3.05, 3.63) is 29.8 Å². The summed E-state index contributed by atoms with van der Waals surface area (Å²) in [7, 11) is 0. The van der Waals surface area contributed by atoms with Crippen molar-refractivity contribution in [2.24, 2.45) is 11.5 Å². The van der Waals surface area contributed by atoms with Gasteiger partial charge in [0.1, 0.15) is 29.9 Å². The number of aliphatic carboxylic acids is 2. The molecular weight excluding hydrogens is 478 g/mol. The molecule has 0 heterocycles. The molecule has 0 spiro atoms. The number of nitrogens with one attached hydrogen (secondary N) is 3. The van der Waals surface area contributed by atoms with E-state index in [1.165, 1.54) is 24.3 Å². The van der Waals surface area contributed by atoms with E-state index in [2.05, 4.69) is 16.0 Å². The summed E-state index contributed by atoms with van der Waals surface area (Å²) in [5.74, 6) is -5.57.